The maximum Gasteiger partial charge on any atom is 0.420 e. The largest absolute Gasteiger partial charge is 0.548 e. The van der Waals surface area contributed by atoms with Crippen LogP contribution in [-0.2, 0) is 27.8 Å². The molecule has 1 aromatic heterocycles. The quantitative estimate of drug-likeness (QED) is 0.641. The smallest absolute Gasteiger partial charge is 0.420 e. The zero-order valence-corrected chi connectivity index (χ0v) is 14.2. The molecule has 2 heterocycles. The molecule has 0 amide bonds. The molecule has 0 saturated heterocycles. The summed E-state index contributed by atoms with van der Waals surface area (Å²) in [6, 6.07) is 11.2. The second-order valence-electron chi connectivity index (χ2n) is 5.91. The topological polar surface area (TPSA) is 113 Å². The van der Waals surface area contributed by atoms with E-state index in [1.807, 2.05) is 12.1 Å². The fraction of sp³-hybridized carbons (Fsp3) is 0.176. The van der Waals surface area contributed by atoms with Crippen LogP contribution < -0.4 is 15.2 Å². The first-order chi connectivity index (χ1) is 12.4. The summed E-state index contributed by atoms with van der Waals surface area (Å²) in [6.07, 6.45) is 0.620. The number of nitrogens with zero attached hydrogens (tertiary/aromatic N) is 2. The second kappa shape index (κ2) is 5.73. The molecule has 3 aromatic rings. The third-order valence-electron chi connectivity index (χ3n) is 4.36. The Hall–Kier alpha value is -3.07. The Morgan fingerprint density at radius 1 is 1.19 bits per heavy atom. The van der Waals surface area contributed by atoms with E-state index in [1.165, 1.54) is 22.5 Å². The summed E-state index contributed by atoms with van der Waals surface area (Å²) >= 11 is 0. The molecule has 1 aliphatic rings. The summed E-state index contributed by atoms with van der Waals surface area (Å²) in [5.74, 6) is -2.33. The maximum atomic E-state index is 13.0. The molecule has 0 atom stereocenters. The van der Waals surface area contributed by atoms with Crippen LogP contribution in [0.4, 0.5) is 5.69 Å². The molecule has 0 spiro atoms. The van der Waals surface area contributed by atoms with Gasteiger partial charge in [0.1, 0.15) is 0 Å². The highest BCUT2D eigenvalue weighted by Crippen LogP contribution is 2.33. The Kier molecular flexibility index (Phi) is 3.62. The predicted octanol–water partition coefficient (Wildman–Crippen LogP) is 0.0958. The molecule has 0 aliphatic carbocycles. The minimum absolute atomic E-state index is 0.00445. The van der Waals surface area contributed by atoms with Crippen molar-refractivity contribution in [2.75, 3.05) is 10.8 Å². The zero-order valence-electron chi connectivity index (χ0n) is 13.4. The Morgan fingerprint density at radius 2 is 1.96 bits per heavy atom. The Bertz CT molecular complexity index is 1190. The molecule has 0 N–H and O–H groups in total. The van der Waals surface area contributed by atoms with Crippen LogP contribution in [0.25, 0.3) is 11.1 Å². The number of oxazole rings is 1. The lowest BCUT2D eigenvalue weighted by molar-refractivity contribution is -0.306. The molecular formula is C17H13N2O6S-. The van der Waals surface area contributed by atoms with E-state index >= 15 is 0 Å². The average molecular weight is 373 g/mol. The highest BCUT2D eigenvalue weighted by atomic mass is 32.2. The van der Waals surface area contributed by atoms with Gasteiger partial charge in [0.05, 0.1) is 28.6 Å². The van der Waals surface area contributed by atoms with Gasteiger partial charge >= 0.3 is 5.76 Å². The Labute approximate surface area is 147 Å². The number of aromatic nitrogens is 1. The van der Waals surface area contributed by atoms with Crippen molar-refractivity contribution in [2.24, 2.45) is 0 Å². The minimum Gasteiger partial charge on any atom is -0.548 e. The summed E-state index contributed by atoms with van der Waals surface area (Å²) in [6.45, 7) is -0.340. The summed E-state index contributed by atoms with van der Waals surface area (Å²) in [4.78, 5) is 22.5. The number of para-hydroxylation sites is 1. The van der Waals surface area contributed by atoms with Crippen molar-refractivity contribution in [3.05, 3.63) is 58.6 Å². The van der Waals surface area contributed by atoms with E-state index < -0.39 is 28.3 Å². The van der Waals surface area contributed by atoms with E-state index in [0.29, 0.717) is 18.7 Å². The molecule has 26 heavy (non-hydrogen) atoms. The van der Waals surface area contributed by atoms with Crippen LogP contribution in [0.3, 0.4) is 0 Å². The summed E-state index contributed by atoms with van der Waals surface area (Å²) in [5, 5.41) is 10.8. The average Bonchev–Trinajstić information content (AvgIpc) is 3.16. The van der Waals surface area contributed by atoms with E-state index in [2.05, 4.69) is 0 Å². The Morgan fingerprint density at radius 3 is 2.73 bits per heavy atom. The predicted molar refractivity (Wildman–Crippen MR) is 90.2 cm³/mol. The molecular weight excluding hydrogens is 360 g/mol. The van der Waals surface area contributed by atoms with Gasteiger partial charge in [0, 0.05) is 12.6 Å². The van der Waals surface area contributed by atoms with Crippen LogP contribution >= 0.6 is 0 Å². The van der Waals surface area contributed by atoms with E-state index in [9.17, 15) is 23.1 Å². The van der Waals surface area contributed by atoms with E-state index in [-0.39, 0.29) is 16.0 Å². The second-order valence-corrected chi connectivity index (χ2v) is 7.77. The number of carboxylic acid groups (broad SMARTS) is 1. The molecule has 9 heteroatoms. The van der Waals surface area contributed by atoms with Gasteiger partial charge in [0.2, 0.25) is 0 Å². The first-order valence-corrected chi connectivity index (χ1v) is 9.26. The van der Waals surface area contributed by atoms with Crippen LogP contribution in [0, 0.1) is 0 Å². The van der Waals surface area contributed by atoms with Crippen LogP contribution in [-0.4, -0.2) is 25.5 Å². The molecule has 4 rings (SSSR count). The fourth-order valence-corrected chi connectivity index (χ4v) is 4.69. The SMILES string of the molecule is O=C([O-])Cn1c(=O)oc2cc(S(=O)(=O)N3CCc4ccccc43)ccc21. The molecule has 0 fully saturated rings. The van der Waals surface area contributed by atoms with Crippen LogP contribution in [0.5, 0.6) is 0 Å². The van der Waals surface area contributed by atoms with E-state index in [4.69, 9.17) is 4.42 Å². The standard InChI is InChI=1S/C17H14N2O6S/c20-16(21)10-18-14-6-5-12(9-15(14)25-17(18)22)26(23,24)19-8-7-11-3-1-2-4-13(11)19/h1-6,9H,7-8,10H2,(H,20,21)/p-1. The lowest BCUT2D eigenvalue weighted by Crippen LogP contribution is -2.31. The molecule has 2 aromatic carbocycles. The van der Waals surface area contributed by atoms with Crippen LogP contribution in [0.1, 0.15) is 5.56 Å². The van der Waals surface area contributed by atoms with Gasteiger partial charge in [0.25, 0.3) is 10.0 Å². The van der Waals surface area contributed by atoms with Crippen molar-refractivity contribution in [1.82, 2.24) is 4.57 Å². The molecule has 0 bridgehead atoms. The number of rotatable bonds is 4. The highest BCUT2D eigenvalue weighted by molar-refractivity contribution is 7.92. The number of carbonyl (C=O) groups excluding carboxylic acids is 1. The number of fused-ring (bicyclic) bond motifs is 2. The van der Waals surface area contributed by atoms with Gasteiger partial charge in [-0.25, -0.2) is 13.2 Å². The van der Waals surface area contributed by atoms with Gasteiger partial charge in [-0.2, -0.15) is 0 Å². The van der Waals surface area contributed by atoms with Gasteiger partial charge in [-0.05, 0) is 30.2 Å². The molecule has 0 saturated carbocycles. The third-order valence-corrected chi connectivity index (χ3v) is 6.17. The summed E-state index contributed by atoms with van der Waals surface area (Å²) in [5.41, 5.74) is 1.78. The minimum atomic E-state index is -3.84. The van der Waals surface area contributed by atoms with Gasteiger partial charge in [-0.15, -0.1) is 0 Å². The molecule has 0 radical (unpaired) electrons. The van der Waals surface area contributed by atoms with E-state index in [0.717, 1.165) is 10.1 Å². The lowest BCUT2D eigenvalue weighted by atomic mass is 10.2. The highest BCUT2D eigenvalue weighted by Gasteiger charge is 2.31. The van der Waals surface area contributed by atoms with Crippen molar-refractivity contribution in [1.29, 1.82) is 0 Å². The number of carboxylic acids is 1. The van der Waals surface area contributed by atoms with Crippen LogP contribution in [0.15, 0.2) is 56.6 Å². The zero-order chi connectivity index (χ0) is 18.5. The van der Waals surface area contributed by atoms with Crippen molar-refractivity contribution in [3.63, 3.8) is 0 Å². The lowest BCUT2D eigenvalue weighted by Gasteiger charge is -2.19. The van der Waals surface area contributed by atoms with Gasteiger partial charge in [-0.3, -0.25) is 8.87 Å². The number of anilines is 1. The van der Waals surface area contributed by atoms with Gasteiger partial charge < -0.3 is 14.3 Å². The fourth-order valence-electron chi connectivity index (χ4n) is 3.17. The third kappa shape index (κ3) is 2.48. The number of sulfonamides is 1. The molecule has 0 unspecified atom stereocenters. The molecule has 8 nitrogen and oxygen atoms in total. The van der Waals surface area contributed by atoms with Gasteiger partial charge in [0.15, 0.2) is 5.58 Å². The number of benzene rings is 2. The maximum absolute atomic E-state index is 13.0. The van der Waals surface area contributed by atoms with E-state index in [1.54, 1.807) is 12.1 Å². The molecule has 1 aliphatic heterocycles. The molecule has 134 valence electrons. The first kappa shape index (κ1) is 16.4. The van der Waals surface area contributed by atoms with Crippen molar-refractivity contribution < 1.29 is 22.7 Å². The Balaban J connectivity index is 1.80. The van der Waals surface area contributed by atoms with Crippen LogP contribution in [0.2, 0.25) is 0 Å². The number of hydrogen-bond donors (Lipinski definition) is 0. The van der Waals surface area contributed by atoms with Crippen molar-refractivity contribution in [3.8, 4) is 0 Å². The first-order valence-electron chi connectivity index (χ1n) is 7.82. The monoisotopic (exact) mass is 373 g/mol. The number of carbonyl (C=O) groups is 1. The summed E-state index contributed by atoms with van der Waals surface area (Å²) < 4.78 is 33.2. The summed E-state index contributed by atoms with van der Waals surface area (Å²) in [7, 11) is -3.84. The van der Waals surface area contributed by atoms with Crippen molar-refractivity contribution in [2.45, 2.75) is 17.9 Å². The van der Waals surface area contributed by atoms with Crippen molar-refractivity contribution >= 4 is 32.8 Å². The number of aliphatic carboxylic acids is 1. The number of hydrogen-bond acceptors (Lipinski definition) is 6. The van der Waals surface area contributed by atoms with Gasteiger partial charge in [-0.1, -0.05) is 18.2 Å². The normalized spacial score (nSPS) is 13.9.